The number of aromatic nitrogens is 2. The van der Waals surface area contributed by atoms with Crippen LogP contribution >= 0.6 is 0 Å². The Hall–Kier alpha value is -1.16. The molecule has 2 heterocycles. The summed E-state index contributed by atoms with van der Waals surface area (Å²) in [5.74, 6) is 0. The highest BCUT2D eigenvalue weighted by Gasteiger charge is 2.32. The first-order chi connectivity index (χ1) is 6.84. The predicted octanol–water partition coefficient (Wildman–Crippen LogP) is 0.290. The zero-order valence-electron chi connectivity index (χ0n) is 7.99. The van der Waals surface area contributed by atoms with Gasteiger partial charge < -0.3 is 4.98 Å². The van der Waals surface area contributed by atoms with E-state index in [0.29, 0.717) is 0 Å². The van der Waals surface area contributed by atoms with Gasteiger partial charge in [-0.15, -0.1) is 0 Å². The van der Waals surface area contributed by atoms with Gasteiger partial charge in [-0.1, -0.05) is 0 Å². The Balaban J connectivity index is 1.94. The van der Waals surface area contributed by atoms with Crippen LogP contribution in [0, 0.1) is 0 Å². The van der Waals surface area contributed by atoms with Crippen molar-refractivity contribution in [2.75, 3.05) is 6.54 Å². The summed E-state index contributed by atoms with van der Waals surface area (Å²) in [5, 5.41) is 0. The third-order valence-corrected chi connectivity index (χ3v) is 3.10. The lowest BCUT2D eigenvalue weighted by molar-refractivity contribution is 0.238. The first kappa shape index (κ1) is 8.17. The monoisotopic (exact) mass is 191 g/mol. The molecule has 14 heavy (non-hydrogen) atoms. The Bertz CT molecular complexity index is 408. The van der Waals surface area contributed by atoms with E-state index < -0.39 is 0 Å². The summed E-state index contributed by atoms with van der Waals surface area (Å²) in [4.78, 5) is 20.8. The van der Waals surface area contributed by atoms with E-state index in [1.807, 2.05) is 0 Å². The molecule has 1 aromatic rings. The van der Waals surface area contributed by atoms with Crippen molar-refractivity contribution in [1.82, 2.24) is 14.9 Å². The molecule has 0 bridgehead atoms. The fourth-order valence-electron chi connectivity index (χ4n) is 2.14. The minimum Gasteiger partial charge on any atom is -0.313 e. The summed E-state index contributed by atoms with van der Waals surface area (Å²) in [6, 6.07) is 0.768. The third kappa shape index (κ3) is 1.26. The van der Waals surface area contributed by atoms with Gasteiger partial charge in [-0.25, -0.2) is 4.98 Å². The van der Waals surface area contributed by atoms with Gasteiger partial charge in [-0.2, -0.15) is 0 Å². The third-order valence-electron chi connectivity index (χ3n) is 3.10. The lowest BCUT2D eigenvalue weighted by atomic mass is 10.1. The van der Waals surface area contributed by atoms with Crippen LogP contribution in [0.25, 0.3) is 0 Å². The SMILES string of the molecule is O=c1[nH]cnc2c1CCN(C1CC1)C2. The molecule has 1 aromatic heterocycles. The number of hydrogen-bond acceptors (Lipinski definition) is 3. The Labute approximate surface area is 82.0 Å². The van der Waals surface area contributed by atoms with Crippen molar-refractivity contribution in [3.63, 3.8) is 0 Å². The number of aromatic amines is 1. The van der Waals surface area contributed by atoms with E-state index in [-0.39, 0.29) is 5.56 Å². The summed E-state index contributed by atoms with van der Waals surface area (Å²) in [5.41, 5.74) is 1.92. The molecule has 0 saturated heterocycles. The smallest absolute Gasteiger partial charge is 0.254 e. The van der Waals surface area contributed by atoms with E-state index in [0.717, 1.165) is 36.8 Å². The van der Waals surface area contributed by atoms with Crippen LogP contribution in [-0.2, 0) is 13.0 Å². The molecule has 0 radical (unpaired) electrons. The number of nitrogens with zero attached hydrogens (tertiary/aromatic N) is 2. The van der Waals surface area contributed by atoms with E-state index in [9.17, 15) is 4.79 Å². The lowest BCUT2D eigenvalue weighted by Crippen LogP contribution is -2.36. The molecule has 1 aliphatic heterocycles. The molecule has 0 atom stereocenters. The van der Waals surface area contributed by atoms with Crippen LogP contribution in [0.1, 0.15) is 24.1 Å². The number of nitrogens with one attached hydrogen (secondary N) is 1. The highest BCUT2D eigenvalue weighted by molar-refractivity contribution is 5.19. The van der Waals surface area contributed by atoms with Crippen molar-refractivity contribution in [2.24, 2.45) is 0 Å². The van der Waals surface area contributed by atoms with Gasteiger partial charge in [0.25, 0.3) is 5.56 Å². The van der Waals surface area contributed by atoms with Crippen molar-refractivity contribution in [2.45, 2.75) is 31.8 Å². The Kier molecular flexibility index (Phi) is 1.70. The van der Waals surface area contributed by atoms with Crippen LogP contribution in [0.5, 0.6) is 0 Å². The lowest BCUT2D eigenvalue weighted by Gasteiger charge is -2.26. The van der Waals surface area contributed by atoms with Crippen molar-refractivity contribution in [3.8, 4) is 0 Å². The van der Waals surface area contributed by atoms with Gasteiger partial charge in [0.15, 0.2) is 0 Å². The minimum atomic E-state index is 0.0467. The zero-order valence-corrected chi connectivity index (χ0v) is 7.99. The molecular formula is C10H13N3O. The topological polar surface area (TPSA) is 49.0 Å². The van der Waals surface area contributed by atoms with Crippen LogP contribution < -0.4 is 5.56 Å². The molecule has 4 nitrogen and oxygen atoms in total. The van der Waals surface area contributed by atoms with Gasteiger partial charge >= 0.3 is 0 Å². The van der Waals surface area contributed by atoms with Crippen LogP contribution in [0.15, 0.2) is 11.1 Å². The fraction of sp³-hybridized carbons (Fsp3) is 0.600. The van der Waals surface area contributed by atoms with Gasteiger partial charge in [0.2, 0.25) is 0 Å². The molecule has 0 spiro atoms. The maximum atomic E-state index is 11.4. The standard InChI is InChI=1S/C10H13N3O/c14-10-8-3-4-13(7-1-2-7)5-9(8)11-6-12-10/h6-7H,1-5H2,(H,11,12,14). The molecule has 3 rings (SSSR count). The van der Waals surface area contributed by atoms with E-state index in [2.05, 4.69) is 14.9 Å². The molecule has 0 unspecified atom stereocenters. The van der Waals surface area contributed by atoms with Crippen molar-refractivity contribution in [1.29, 1.82) is 0 Å². The first-order valence-corrected chi connectivity index (χ1v) is 5.14. The quantitative estimate of drug-likeness (QED) is 0.694. The first-order valence-electron chi connectivity index (χ1n) is 5.14. The fourth-order valence-corrected chi connectivity index (χ4v) is 2.14. The van der Waals surface area contributed by atoms with E-state index in [1.54, 1.807) is 0 Å². The maximum Gasteiger partial charge on any atom is 0.254 e. The van der Waals surface area contributed by atoms with Gasteiger partial charge in [0.1, 0.15) is 0 Å². The second kappa shape index (κ2) is 2.92. The van der Waals surface area contributed by atoms with Crippen LogP contribution in [0.3, 0.4) is 0 Å². The molecule has 1 fully saturated rings. The average molecular weight is 191 g/mol. The molecule has 1 N–H and O–H groups in total. The largest absolute Gasteiger partial charge is 0.313 e. The summed E-state index contributed by atoms with van der Waals surface area (Å²) >= 11 is 0. The second-order valence-electron chi connectivity index (χ2n) is 4.11. The molecule has 0 amide bonds. The summed E-state index contributed by atoms with van der Waals surface area (Å²) < 4.78 is 0. The minimum absolute atomic E-state index is 0.0467. The molecule has 1 aliphatic carbocycles. The summed E-state index contributed by atoms with van der Waals surface area (Å²) in [7, 11) is 0. The summed E-state index contributed by atoms with van der Waals surface area (Å²) in [6.45, 7) is 1.89. The van der Waals surface area contributed by atoms with Gasteiger partial charge in [-0.3, -0.25) is 9.69 Å². The Morgan fingerprint density at radius 2 is 2.36 bits per heavy atom. The molecule has 1 saturated carbocycles. The van der Waals surface area contributed by atoms with E-state index in [4.69, 9.17) is 0 Å². The molecule has 4 heteroatoms. The maximum absolute atomic E-state index is 11.4. The van der Waals surface area contributed by atoms with Crippen molar-refractivity contribution >= 4 is 0 Å². The highest BCUT2D eigenvalue weighted by Crippen LogP contribution is 2.29. The number of hydrogen-bond donors (Lipinski definition) is 1. The predicted molar refractivity (Wildman–Crippen MR) is 52.0 cm³/mol. The van der Waals surface area contributed by atoms with Crippen LogP contribution in [0.4, 0.5) is 0 Å². The van der Waals surface area contributed by atoms with E-state index >= 15 is 0 Å². The van der Waals surface area contributed by atoms with Crippen LogP contribution in [-0.4, -0.2) is 27.5 Å². The van der Waals surface area contributed by atoms with Crippen molar-refractivity contribution < 1.29 is 0 Å². The Morgan fingerprint density at radius 3 is 3.14 bits per heavy atom. The molecular weight excluding hydrogens is 178 g/mol. The summed E-state index contributed by atoms with van der Waals surface area (Å²) in [6.07, 6.45) is 5.00. The molecule has 2 aliphatic rings. The zero-order chi connectivity index (χ0) is 9.54. The molecule has 74 valence electrons. The molecule has 0 aromatic carbocycles. The van der Waals surface area contributed by atoms with Gasteiger partial charge in [0, 0.05) is 24.7 Å². The number of rotatable bonds is 1. The van der Waals surface area contributed by atoms with E-state index in [1.165, 1.54) is 19.2 Å². The van der Waals surface area contributed by atoms with Gasteiger partial charge in [0.05, 0.1) is 12.0 Å². The number of fused-ring (bicyclic) bond motifs is 1. The normalized spacial score (nSPS) is 22.0. The van der Waals surface area contributed by atoms with Crippen molar-refractivity contribution in [3.05, 3.63) is 27.9 Å². The Morgan fingerprint density at radius 1 is 1.50 bits per heavy atom. The highest BCUT2D eigenvalue weighted by atomic mass is 16.1. The second-order valence-corrected chi connectivity index (χ2v) is 4.11. The average Bonchev–Trinajstić information content (AvgIpc) is 3.01. The van der Waals surface area contributed by atoms with Gasteiger partial charge in [-0.05, 0) is 19.3 Å². The van der Waals surface area contributed by atoms with Crippen LogP contribution in [0.2, 0.25) is 0 Å². The number of H-pyrrole nitrogens is 1.